The van der Waals surface area contributed by atoms with Crippen molar-refractivity contribution in [3.8, 4) is 16.9 Å². The van der Waals surface area contributed by atoms with Gasteiger partial charge in [0.25, 0.3) is 0 Å². The second kappa shape index (κ2) is 9.47. The van der Waals surface area contributed by atoms with Crippen LogP contribution in [0.1, 0.15) is 16.7 Å². The summed E-state index contributed by atoms with van der Waals surface area (Å²) in [6.45, 7) is 0.159. The Hall–Kier alpha value is -3.61. The first kappa shape index (κ1) is 22.1. The molecule has 0 unspecified atom stereocenters. The van der Waals surface area contributed by atoms with E-state index in [4.69, 9.17) is 9.84 Å². The minimum Gasteiger partial charge on any atom is -0.490 e. The molecule has 0 spiro atoms. The molecule has 31 heavy (non-hydrogen) atoms. The number of halogens is 4. The quantitative estimate of drug-likeness (QED) is 0.452. The van der Waals surface area contributed by atoms with Crippen molar-refractivity contribution < 1.29 is 32.2 Å². The van der Waals surface area contributed by atoms with Crippen LogP contribution >= 0.6 is 0 Å². The molecule has 0 atom stereocenters. The molecule has 3 rings (SSSR count). The van der Waals surface area contributed by atoms with Crippen LogP contribution in [0.5, 0.6) is 5.75 Å². The highest BCUT2D eigenvalue weighted by Crippen LogP contribution is 2.29. The van der Waals surface area contributed by atoms with Gasteiger partial charge in [-0.1, -0.05) is 36.4 Å². The molecular weight excluding hydrogens is 412 g/mol. The van der Waals surface area contributed by atoms with Crippen LogP contribution < -0.4 is 4.74 Å². The first-order valence-corrected chi connectivity index (χ1v) is 9.29. The summed E-state index contributed by atoms with van der Waals surface area (Å²) in [5.41, 5.74) is 1.17. The molecule has 0 fully saturated rings. The van der Waals surface area contributed by atoms with Gasteiger partial charge < -0.3 is 9.84 Å². The van der Waals surface area contributed by atoms with E-state index in [0.29, 0.717) is 22.4 Å². The van der Waals surface area contributed by atoms with Crippen LogP contribution in [0.2, 0.25) is 0 Å². The van der Waals surface area contributed by atoms with E-state index in [1.54, 1.807) is 36.4 Å². The molecule has 1 N–H and O–H groups in total. The molecule has 0 aromatic heterocycles. The molecule has 160 valence electrons. The predicted octanol–water partition coefficient (Wildman–Crippen LogP) is 6.23. The predicted molar refractivity (Wildman–Crippen MR) is 109 cm³/mol. The third-order valence-electron chi connectivity index (χ3n) is 4.43. The van der Waals surface area contributed by atoms with Crippen molar-refractivity contribution in [3.63, 3.8) is 0 Å². The number of hydrogen-bond acceptors (Lipinski definition) is 2. The van der Waals surface area contributed by atoms with Crippen LogP contribution in [0, 0.1) is 5.82 Å². The van der Waals surface area contributed by atoms with Crippen LogP contribution in [0.3, 0.4) is 0 Å². The molecule has 0 aliphatic rings. The first-order chi connectivity index (χ1) is 14.7. The molecule has 0 amide bonds. The van der Waals surface area contributed by atoms with Crippen molar-refractivity contribution in [1.82, 2.24) is 0 Å². The lowest BCUT2D eigenvalue weighted by Crippen LogP contribution is -2.03. The Balaban J connectivity index is 1.66. The second-order valence-electron chi connectivity index (χ2n) is 6.75. The Kier molecular flexibility index (Phi) is 6.74. The van der Waals surface area contributed by atoms with Gasteiger partial charge in [0, 0.05) is 5.56 Å². The summed E-state index contributed by atoms with van der Waals surface area (Å²) in [5, 5.41) is 8.92. The van der Waals surface area contributed by atoms with Crippen LogP contribution in [0.15, 0.2) is 72.8 Å². The van der Waals surface area contributed by atoms with Gasteiger partial charge in [-0.15, -0.1) is 0 Å². The lowest BCUT2D eigenvalue weighted by atomic mass is 10.0. The molecule has 0 saturated heterocycles. The summed E-state index contributed by atoms with van der Waals surface area (Å²) in [4.78, 5) is 10.9. The normalized spacial score (nSPS) is 11.6. The summed E-state index contributed by atoms with van der Waals surface area (Å²) in [6, 6.07) is 15.6. The van der Waals surface area contributed by atoms with E-state index in [2.05, 4.69) is 0 Å². The number of carbonyl (C=O) groups is 1. The number of benzene rings is 3. The van der Waals surface area contributed by atoms with Crippen LogP contribution in [0.25, 0.3) is 17.2 Å². The topological polar surface area (TPSA) is 46.5 Å². The van der Waals surface area contributed by atoms with Gasteiger partial charge >= 0.3 is 12.1 Å². The van der Waals surface area contributed by atoms with Crippen molar-refractivity contribution in [3.05, 3.63) is 95.3 Å². The second-order valence-corrected chi connectivity index (χ2v) is 6.75. The average molecular weight is 430 g/mol. The lowest BCUT2D eigenvalue weighted by Gasteiger charge is -2.09. The molecule has 0 saturated carbocycles. The van der Waals surface area contributed by atoms with Gasteiger partial charge in [0.05, 0.1) is 12.0 Å². The third kappa shape index (κ3) is 6.18. The Morgan fingerprint density at radius 3 is 2.42 bits per heavy atom. The molecule has 3 aromatic rings. The number of aliphatic carboxylic acids is 1. The van der Waals surface area contributed by atoms with Crippen molar-refractivity contribution in [2.45, 2.75) is 12.6 Å². The maximum atomic E-state index is 14.3. The van der Waals surface area contributed by atoms with E-state index in [1.807, 2.05) is 0 Å². The lowest BCUT2D eigenvalue weighted by molar-refractivity contribution is -0.138. The maximum Gasteiger partial charge on any atom is 0.416 e. The molecule has 0 bridgehead atoms. The standard InChI is InChI=1S/C24H18F4O3/c25-22-11-8-17(14-23(29)30)13-21(22)18-4-1-5-20(15-18)31-12-2-3-16-6-9-19(10-7-16)24(26,27)28/h1-11,13,15H,12,14H2,(H,29,30)/b3-2+. The molecule has 0 radical (unpaired) electrons. The molecule has 3 aromatic carbocycles. The Bertz CT molecular complexity index is 1090. The van der Waals surface area contributed by atoms with Gasteiger partial charge in [-0.25, -0.2) is 4.39 Å². The fourth-order valence-electron chi connectivity index (χ4n) is 2.94. The third-order valence-corrected chi connectivity index (χ3v) is 4.43. The van der Waals surface area contributed by atoms with E-state index >= 15 is 0 Å². The fourth-order valence-corrected chi connectivity index (χ4v) is 2.94. The van der Waals surface area contributed by atoms with Gasteiger partial charge in [0.2, 0.25) is 0 Å². The van der Waals surface area contributed by atoms with Crippen LogP contribution in [0.4, 0.5) is 17.6 Å². The summed E-state index contributed by atoms with van der Waals surface area (Å²) in [7, 11) is 0. The van der Waals surface area contributed by atoms with E-state index in [0.717, 1.165) is 12.1 Å². The molecule has 7 heteroatoms. The molecular formula is C24H18F4O3. The number of hydrogen-bond donors (Lipinski definition) is 1. The number of rotatable bonds is 7. The smallest absolute Gasteiger partial charge is 0.416 e. The van der Waals surface area contributed by atoms with Crippen molar-refractivity contribution in [2.24, 2.45) is 0 Å². The number of ether oxygens (including phenoxy) is 1. The highest BCUT2D eigenvalue weighted by molar-refractivity contribution is 5.72. The molecule has 0 heterocycles. The van der Waals surface area contributed by atoms with Gasteiger partial charge in [-0.3, -0.25) is 4.79 Å². The van der Waals surface area contributed by atoms with Gasteiger partial charge in [0.15, 0.2) is 0 Å². The zero-order chi connectivity index (χ0) is 22.4. The Labute approximate surface area is 176 Å². The zero-order valence-corrected chi connectivity index (χ0v) is 16.2. The summed E-state index contributed by atoms with van der Waals surface area (Å²) in [6.07, 6.45) is -1.29. The van der Waals surface area contributed by atoms with Crippen molar-refractivity contribution >= 4 is 12.0 Å². The Morgan fingerprint density at radius 2 is 1.74 bits per heavy atom. The van der Waals surface area contributed by atoms with Crippen LogP contribution in [-0.2, 0) is 17.4 Å². The Morgan fingerprint density at radius 1 is 1.00 bits per heavy atom. The highest BCUT2D eigenvalue weighted by atomic mass is 19.4. The van der Waals surface area contributed by atoms with Gasteiger partial charge in [-0.2, -0.15) is 13.2 Å². The first-order valence-electron chi connectivity index (χ1n) is 9.29. The summed E-state index contributed by atoms with van der Waals surface area (Å²) in [5.74, 6) is -1.01. The zero-order valence-electron chi connectivity index (χ0n) is 16.2. The number of alkyl halides is 3. The molecule has 3 nitrogen and oxygen atoms in total. The highest BCUT2D eigenvalue weighted by Gasteiger charge is 2.29. The van der Waals surface area contributed by atoms with E-state index in [1.165, 1.54) is 30.3 Å². The average Bonchev–Trinajstić information content (AvgIpc) is 2.72. The van der Waals surface area contributed by atoms with E-state index in [-0.39, 0.29) is 18.6 Å². The fraction of sp³-hybridized carbons (Fsp3) is 0.125. The summed E-state index contributed by atoms with van der Waals surface area (Å²) >= 11 is 0. The van der Waals surface area contributed by atoms with E-state index < -0.39 is 23.5 Å². The monoisotopic (exact) mass is 430 g/mol. The SMILES string of the molecule is O=C(O)Cc1ccc(F)c(-c2cccc(OC/C=C/c3ccc(C(F)(F)F)cc3)c2)c1. The van der Waals surface area contributed by atoms with Gasteiger partial charge in [-0.05, 0) is 59.2 Å². The largest absolute Gasteiger partial charge is 0.490 e. The molecule has 0 aliphatic carbocycles. The number of carboxylic acids is 1. The van der Waals surface area contributed by atoms with E-state index in [9.17, 15) is 22.4 Å². The number of carboxylic acid groups (broad SMARTS) is 1. The summed E-state index contributed by atoms with van der Waals surface area (Å²) < 4.78 is 57.6. The minimum absolute atomic E-state index is 0.159. The van der Waals surface area contributed by atoms with Crippen molar-refractivity contribution in [2.75, 3.05) is 6.61 Å². The van der Waals surface area contributed by atoms with Gasteiger partial charge in [0.1, 0.15) is 18.2 Å². The minimum atomic E-state index is -4.37. The van der Waals surface area contributed by atoms with Crippen LogP contribution in [-0.4, -0.2) is 17.7 Å². The molecule has 0 aliphatic heterocycles. The van der Waals surface area contributed by atoms with Crippen molar-refractivity contribution in [1.29, 1.82) is 0 Å². The maximum absolute atomic E-state index is 14.3.